The molecule has 1 aromatic rings. The standard InChI is InChI=1S/C14H20ClFN2O/c1-9(2)3-10(8-17)4-14(19)18-13-6-11(15)5-12(16)7-13/h5-7,9-10H,3-4,8,17H2,1-2H3,(H,18,19). The normalized spacial score (nSPS) is 12.5. The number of carbonyl (C=O) groups excluding carboxylic acids is 1. The molecule has 1 aromatic carbocycles. The number of amides is 1. The molecular formula is C14H20ClFN2O. The number of nitrogens with one attached hydrogen (secondary N) is 1. The summed E-state index contributed by atoms with van der Waals surface area (Å²) in [5.41, 5.74) is 6.02. The fraction of sp³-hybridized carbons (Fsp3) is 0.500. The van der Waals surface area contributed by atoms with Gasteiger partial charge < -0.3 is 11.1 Å². The fourth-order valence-corrected chi connectivity index (χ4v) is 2.25. The molecule has 0 aromatic heterocycles. The van der Waals surface area contributed by atoms with Crippen molar-refractivity contribution >= 4 is 23.2 Å². The van der Waals surface area contributed by atoms with Crippen molar-refractivity contribution in [3.8, 4) is 0 Å². The van der Waals surface area contributed by atoms with Crippen LogP contribution in [0.4, 0.5) is 10.1 Å². The quantitative estimate of drug-likeness (QED) is 0.842. The maximum atomic E-state index is 13.1. The van der Waals surface area contributed by atoms with Crippen molar-refractivity contribution in [3.05, 3.63) is 29.0 Å². The molecule has 19 heavy (non-hydrogen) atoms. The number of halogens is 2. The number of anilines is 1. The minimum Gasteiger partial charge on any atom is -0.330 e. The van der Waals surface area contributed by atoms with Gasteiger partial charge in [0.1, 0.15) is 5.82 Å². The van der Waals surface area contributed by atoms with E-state index in [0.29, 0.717) is 24.6 Å². The monoisotopic (exact) mass is 286 g/mol. The van der Waals surface area contributed by atoms with Crippen molar-refractivity contribution in [3.63, 3.8) is 0 Å². The molecule has 3 N–H and O–H groups in total. The molecule has 0 spiro atoms. The van der Waals surface area contributed by atoms with Crippen LogP contribution < -0.4 is 11.1 Å². The molecule has 106 valence electrons. The number of benzene rings is 1. The van der Waals surface area contributed by atoms with Crippen LogP contribution in [0.3, 0.4) is 0 Å². The summed E-state index contributed by atoms with van der Waals surface area (Å²) in [6, 6.07) is 3.95. The Bertz CT molecular complexity index is 417. The van der Waals surface area contributed by atoms with Crippen LogP contribution in [-0.4, -0.2) is 12.5 Å². The van der Waals surface area contributed by atoms with Crippen LogP contribution in [0.2, 0.25) is 5.02 Å². The van der Waals surface area contributed by atoms with Gasteiger partial charge in [-0.05, 0) is 43.0 Å². The van der Waals surface area contributed by atoms with Crippen molar-refractivity contribution in [2.75, 3.05) is 11.9 Å². The minimum atomic E-state index is -0.472. The van der Waals surface area contributed by atoms with Gasteiger partial charge in [-0.25, -0.2) is 4.39 Å². The van der Waals surface area contributed by atoms with Crippen LogP contribution in [0, 0.1) is 17.7 Å². The number of carbonyl (C=O) groups is 1. The van der Waals surface area contributed by atoms with Gasteiger partial charge in [0.2, 0.25) is 5.91 Å². The Balaban J connectivity index is 2.58. The molecule has 0 fully saturated rings. The van der Waals surface area contributed by atoms with Gasteiger partial charge in [0.25, 0.3) is 0 Å². The van der Waals surface area contributed by atoms with Gasteiger partial charge in [-0.3, -0.25) is 4.79 Å². The molecule has 0 aliphatic carbocycles. The highest BCUT2D eigenvalue weighted by atomic mass is 35.5. The molecule has 0 radical (unpaired) electrons. The van der Waals surface area contributed by atoms with E-state index in [-0.39, 0.29) is 16.8 Å². The first-order chi connectivity index (χ1) is 8.90. The van der Waals surface area contributed by atoms with Gasteiger partial charge in [-0.2, -0.15) is 0 Å². The summed E-state index contributed by atoms with van der Waals surface area (Å²) in [6.07, 6.45) is 1.23. The fourth-order valence-electron chi connectivity index (χ4n) is 2.03. The van der Waals surface area contributed by atoms with Gasteiger partial charge >= 0.3 is 0 Å². The lowest BCUT2D eigenvalue weighted by Gasteiger charge is -2.16. The Kier molecular flexibility index (Phi) is 6.25. The Morgan fingerprint density at radius 2 is 2.11 bits per heavy atom. The number of hydrogen-bond donors (Lipinski definition) is 2. The van der Waals surface area contributed by atoms with E-state index in [4.69, 9.17) is 17.3 Å². The Morgan fingerprint density at radius 3 is 2.63 bits per heavy atom. The number of nitrogens with two attached hydrogens (primary N) is 1. The zero-order valence-corrected chi connectivity index (χ0v) is 12.0. The van der Waals surface area contributed by atoms with E-state index in [9.17, 15) is 9.18 Å². The maximum Gasteiger partial charge on any atom is 0.224 e. The van der Waals surface area contributed by atoms with Gasteiger partial charge in [-0.15, -0.1) is 0 Å². The van der Waals surface area contributed by atoms with E-state index in [1.54, 1.807) is 0 Å². The third-order valence-corrected chi connectivity index (χ3v) is 2.98. The molecule has 3 nitrogen and oxygen atoms in total. The average molecular weight is 287 g/mol. The summed E-state index contributed by atoms with van der Waals surface area (Å²) in [5, 5.41) is 2.90. The molecule has 0 saturated heterocycles. The van der Waals surface area contributed by atoms with Crippen molar-refractivity contribution in [2.24, 2.45) is 17.6 Å². The zero-order chi connectivity index (χ0) is 14.4. The summed E-state index contributed by atoms with van der Waals surface area (Å²) < 4.78 is 13.1. The lowest BCUT2D eigenvalue weighted by Crippen LogP contribution is -2.23. The topological polar surface area (TPSA) is 55.1 Å². The predicted octanol–water partition coefficient (Wildman–Crippen LogP) is 3.43. The van der Waals surface area contributed by atoms with E-state index in [0.717, 1.165) is 6.42 Å². The van der Waals surface area contributed by atoms with Crippen LogP contribution in [0.25, 0.3) is 0 Å². The smallest absolute Gasteiger partial charge is 0.224 e. The SMILES string of the molecule is CC(C)CC(CN)CC(=O)Nc1cc(F)cc(Cl)c1. The second kappa shape index (κ2) is 7.46. The highest BCUT2D eigenvalue weighted by Gasteiger charge is 2.14. The van der Waals surface area contributed by atoms with Crippen molar-refractivity contribution < 1.29 is 9.18 Å². The van der Waals surface area contributed by atoms with Gasteiger partial charge in [0, 0.05) is 17.1 Å². The van der Waals surface area contributed by atoms with Crippen molar-refractivity contribution in [1.82, 2.24) is 0 Å². The van der Waals surface area contributed by atoms with E-state index >= 15 is 0 Å². The van der Waals surface area contributed by atoms with Crippen LogP contribution in [-0.2, 0) is 4.79 Å². The molecule has 5 heteroatoms. The third-order valence-electron chi connectivity index (χ3n) is 2.76. The second-order valence-corrected chi connectivity index (χ2v) is 5.58. The molecule has 1 unspecified atom stereocenters. The van der Waals surface area contributed by atoms with E-state index in [2.05, 4.69) is 19.2 Å². The summed E-state index contributed by atoms with van der Waals surface area (Å²) in [6.45, 7) is 4.65. The molecule has 0 aliphatic rings. The molecule has 0 heterocycles. The molecule has 0 saturated carbocycles. The van der Waals surface area contributed by atoms with Crippen LogP contribution in [0.15, 0.2) is 18.2 Å². The van der Waals surface area contributed by atoms with Crippen molar-refractivity contribution in [1.29, 1.82) is 0 Å². The lowest BCUT2D eigenvalue weighted by molar-refractivity contribution is -0.117. The number of rotatable bonds is 6. The first-order valence-electron chi connectivity index (χ1n) is 6.36. The molecule has 1 rings (SSSR count). The molecule has 0 bridgehead atoms. The summed E-state index contributed by atoms with van der Waals surface area (Å²) in [7, 11) is 0. The second-order valence-electron chi connectivity index (χ2n) is 5.14. The number of hydrogen-bond acceptors (Lipinski definition) is 2. The van der Waals surface area contributed by atoms with Crippen LogP contribution >= 0.6 is 11.6 Å². The molecule has 0 aliphatic heterocycles. The summed E-state index contributed by atoms with van der Waals surface area (Å²) in [4.78, 5) is 11.9. The Labute approximate surface area is 118 Å². The average Bonchev–Trinajstić information content (AvgIpc) is 2.25. The maximum absolute atomic E-state index is 13.1. The van der Waals surface area contributed by atoms with Crippen LogP contribution in [0.5, 0.6) is 0 Å². The van der Waals surface area contributed by atoms with Gasteiger partial charge in [-0.1, -0.05) is 25.4 Å². The highest BCUT2D eigenvalue weighted by molar-refractivity contribution is 6.30. The van der Waals surface area contributed by atoms with E-state index < -0.39 is 5.82 Å². The van der Waals surface area contributed by atoms with Crippen molar-refractivity contribution in [2.45, 2.75) is 26.7 Å². The highest BCUT2D eigenvalue weighted by Crippen LogP contribution is 2.19. The van der Waals surface area contributed by atoms with Gasteiger partial charge in [0.05, 0.1) is 0 Å². The Hall–Kier alpha value is -1.13. The lowest BCUT2D eigenvalue weighted by atomic mass is 9.94. The predicted molar refractivity (Wildman–Crippen MR) is 76.7 cm³/mol. The first-order valence-corrected chi connectivity index (χ1v) is 6.74. The van der Waals surface area contributed by atoms with E-state index in [1.807, 2.05) is 0 Å². The minimum absolute atomic E-state index is 0.143. The third kappa shape index (κ3) is 6.03. The van der Waals surface area contributed by atoms with E-state index in [1.165, 1.54) is 18.2 Å². The molecular weight excluding hydrogens is 267 g/mol. The zero-order valence-electron chi connectivity index (χ0n) is 11.2. The molecule has 1 amide bonds. The first kappa shape index (κ1) is 15.9. The largest absolute Gasteiger partial charge is 0.330 e. The summed E-state index contributed by atoms with van der Waals surface area (Å²) in [5.74, 6) is -0.00730. The van der Waals surface area contributed by atoms with Gasteiger partial charge in [0.15, 0.2) is 0 Å². The van der Waals surface area contributed by atoms with Crippen LogP contribution in [0.1, 0.15) is 26.7 Å². The summed E-state index contributed by atoms with van der Waals surface area (Å²) >= 11 is 5.72. The molecule has 1 atom stereocenters. The Morgan fingerprint density at radius 1 is 1.42 bits per heavy atom.